The quantitative estimate of drug-likeness (QED) is 0.124. The summed E-state index contributed by atoms with van der Waals surface area (Å²) in [6, 6.07) is 2.20. The van der Waals surface area contributed by atoms with E-state index in [-0.39, 0.29) is 16.1 Å². The van der Waals surface area contributed by atoms with Gasteiger partial charge in [0.05, 0.1) is 17.2 Å². The highest BCUT2D eigenvalue weighted by molar-refractivity contribution is 9.10. The predicted molar refractivity (Wildman–Crippen MR) is 105 cm³/mol. The van der Waals surface area contributed by atoms with Crippen molar-refractivity contribution >= 4 is 28.0 Å². The van der Waals surface area contributed by atoms with Gasteiger partial charge in [-0.2, -0.15) is 13.2 Å². The fourth-order valence-corrected chi connectivity index (χ4v) is 2.93. The lowest BCUT2D eigenvalue weighted by Crippen LogP contribution is -2.46. The van der Waals surface area contributed by atoms with E-state index in [2.05, 4.69) is 36.7 Å². The number of aliphatic hydroxyl groups excluding tert-OH is 1. The van der Waals surface area contributed by atoms with Crippen LogP contribution in [0.5, 0.6) is 5.75 Å². The summed E-state index contributed by atoms with van der Waals surface area (Å²) in [6.07, 6.45) is -8.41. The maximum atomic E-state index is 13.3. The van der Waals surface area contributed by atoms with Crippen molar-refractivity contribution < 1.29 is 63.8 Å². The molecule has 2 atom stereocenters. The average molecular weight is 551 g/mol. The Morgan fingerprint density at radius 3 is 2.24 bits per heavy atom. The average Bonchev–Trinajstić information content (AvgIpc) is 2.71. The van der Waals surface area contributed by atoms with Crippen molar-refractivity contribution in [3.05, 3.63) is 33.3 Å². The molecule has 0 amide bonds. The Kier molecular flexibility index (Phi) is 10.6. The molecule has 2 heterocycles. The lowest BCUT2D eigenvalue weighted by atomic mass is 9.98. The van der Waals surface area contributed by atoms with Crippen LogP contribution < -0.4 is 21.8 Å². The van der Waals surface area contributed by atoms with Gasteiger partial charge < -0.3 is 35.2 Å². The zero-order valence-corrected chi connectivity index (χ0v) is 18.6. The second kappa shape index (κ2) is 12.0. The number of carbonyl (C=O) groups excluding carboxylic acids is 1. The number of alkyl halides is 3. The van der Waals surface area contributed by atoms with Crippen LogP contribution in [0.15, 0.2) is 22.2 Å². The van der Waals surface area contributed by atoms with E-state index in [0.717, 1.165) is 25.2 Å². The number of nitrogens with one attached hydrogen (secondary N) is 1. The first-order valence-electron chi connectivity index (χ1n) is 8.97. The Hall–Kier alpha value is -1.86. The molecular weight excluding hydrogens is 527 g/mol. The van der Waals surface area contributed by atoms with Gasteiger partial charge >= 0.3 is 18.1 Å². The van der Waals surface area contributed by atoms with Crippen LogP contribution in [0, 0.1) is 0 Å². The van der Waals surface area contributed by atoms with Crippen LogP contribution in [0.4, 0.5) is 13.2 Å². The molecule has 2 aliphatic heterocycles. The molecule has 2 unspecified atom stereocenters. The third-order valence-electron chi connectivity index (χ3n) is 4.03. The second-order valence-corrected chi connectivity index (χ2v) is 7.48. The largest absolute Gasteiger partial charge is 0.475 e. The molecule has 0 spiro atoms. The topological polar surface area (TPSA) is 212 Å². The molecule has 1 aromatic carbocycles. The number of carbonyl (C=O) groups is 1. The van der Waals surface area contributed by atoms with Crippen molar-refractivity contribution in [2.45, 2.75) is 37.6 Å². The van der Waals surface area contributed by atoms with E-state index in [1.165, 1.54) is 13.0 Å². The number of hydrogen-bond acceptors (Lipinski definition) is 11. The molecule has 0 saturated carbocycles. The molecule has 0 aliphatic carbocycles. The Balaban J connectivity index is 0.000000671. The van der Waals surface area contributed by atoms with E-state index in [9.17, 15) is 33.3 Å². The first-order valence-corrected chi connectivity index (χ1v) is 9.76. The van der Waals surface area contributed by atoms with Gasteiger partial charge in [0.25, 0.3) is 0 Å². The van der Waals surface area contributed by atoms with Crippen molar-refractivity contribution in [2.24, 2.45) is 5.90 Å². The van der Waals surface area contributed by atoms with Crippen LogP contribution in [-0.4, -0.2) is 69.4 Å². The maximum Gasteiger partial charge on any atom is 0.430 e. The highest BCUT2D eigenvalue weighted by atomic mass is 79.9. The number of nitrogens with two attached hydrogens (primary N) is 1. The SMILES string of the molecule is CC(ON)OC(=O)C1=Cc2cc(Br)cc(C(O)(O)O)c2OC1C(F)(F)F.OC1CNC1.[NH3+]O. The fourth-order valence-electron chi connectivity index (χ4n) is 2.46. The van der Waals surface area contributed by atoms with Crippen LogP contribution in [0.1, 0.15) is 18.1 Å². The molecule has 11 N–H and O–H groups in total. The van der Waals surface area contributed by atoms with Gasteiger partial charge in [-0.1, -0.05) is 15.9 Å². The van der Waals surface area contributed by atoms with Gasteiger partial charge in [0.15, 0.2) is 0 Å². The number of rotatable bonds is 4. The molecule has 0 aromatic heterocycles. The molecule has 188 valence electrons. The summed E-state index contributed by atoms with van der Waals surface area (Å²) in [5, 5.41) is 46.2. The number of fused-ring (bicyclic) bond motifs is 1. The number of halogens is 4. The minimum absolute atomic E-state index is 0.0463. The number of ether oxygens (including phenoxy) is 2. The zero-order chi connectivity index (χ0) is 25.6. The van der Waals surface area contributed by atoms with Crippen LogP contribution in [0.3, 0.4) is 0 Å². The smallest absolute Gasteiger partial charge is 0.430 e. The Morgan fingerprint density at radius 2 is 1.85 bits per heavy atom. The molecule has 12 nitrogen and oxygen atoms in total. The molecule has 1 saturated heterocycles. The van der Waals surface area contributed by atoms with E-state index < -0.39 is 47.4 Å². The Labute approximate surface area is 193 Å². The summed E-state index contributed by atoms with van der Waals surface area (Å²) < 4.78 is 49.6. The summed E-state index contributed by atoms with van der Waals surface area (Å²) in [5.41, 5.74) is -1.81. The van der Waals surface area contributed by atoms with E-state index in [0.29, 0.717) is 0 Å². The van der Waals surface area contributed by atoms with Gasteiger partial charge in [0, 0.05) is 23.1 Å². The van der Waals surface area contributed by atoms with Gasteiger partial charge in [-0.3, -0.25) is 4.84 Å². The van der Waals surface area contributed by atoms with Crippen molar-refractivity contribution in [1.29, 1.82) is 0 Å². The van der Waals surface area contributed by atoms with Crippen LogP contribution >= 0.6 is 15.9 Å². The first kappa shape index (κ1) is 29.2. The minimum atomic E-state index is -5.05. The zero-order valence-electron chi connectivity index (χ0n) is 17.0. The fraction of sp³-hybridized carbons (Fsp3) is 0.471. The molecule has 1 fully saturated rings. The van der Waals surface area contributed by atoms with Gasteiger partial charge in [-0.15, -0.1) is 0 Å². The number of aliphatic hydroxyl groups is 4. The van der Waals surface area contributed by atoms with Crippen LogP contribution in [0.2, 0.25) is 0 Å². The lowest BCUT2D eigenvalue weighted by molar-refractivity contribution is -0.670. The van der Waals surface area contributed by atoms with Crippen molar-refractivity contribution in [3.63, 3.8) is 0 Å². The van der Waals surface area contributed by atoms with Crippen LogP contribution in [-0.2, 0) is 20.3 Å². The summed E-state index contributed by atoms with van der Waals surface area (Å²) in [7, 11) is 0. The molecule has 1 aromatic rings. The van der Waals surface area contributed by atoms with E-state index in [1.54, 1.807) is 0 Å². The summed E-state index contributed by atoms with van der Waals surface area (Å²) in [4.78, 5) is 16.2. The Bertz CT molecular complexity index is 845. The lowest BCUT2D eigenvalue weighted by Gasteiger charge is -2.31. The van der Waals surface area contributed by atoms with E-state index in [4.69, 9.17) is 20.9 Å². The van der Waals surface area contributed by atoms with Crippen molar-refractivity contribution in [2.75, 3.05) is 13.1 Å². The highest BCUT2D eigenvalue weighted by Gasteiger charge is 2.50. The molecule has 16 heteroatoms. The van der Waals surface area contributed by atoms with Gasteiger partial charge in [-0.05, 0) is 25.1 Å². The van der Waals surface area contributed by atoms with E-state index in [1.807, 2.05) is 0 Å². The predicted octanol–water partition coefficient (Wildman–Crippen LogP) is -1.41. The first-order chi connectivity index (χ1) is 15.2. The molecule has 33 heavy (non-hydrogen) atoms. The van der Waals surface area contributed by atoms with Crippen molar-refractivity contribution in [3.8, 4) is 5.75 Å². The van der Waals surface area contributed by atoms with Gasteiger partial charge in [0.1, 0.15) is 5.75 Å². The molecule has 0 bridgehead atoms. The number of hydrogen-bond donors (Lipinski definition) is 8. The standard InChI is InChI=1S/C14H13BrF3NO7.C3H7NO.H4NO/c1-5(26-19)24-12(20)8-3-6-2-7(15)4-9(14(21,22)23)10(6)25-11(8)13(16,17)18;5-3-1-4-2-3;1-2/h2-5,11,21-23H,19H2,1H3;3-5H,1-2H2;2H,1H3/q;;+1. The Morgan fingerprint density at radius 1 is 1.30 bits per heavy atom. The summed E-state index contributed by atoms with van der Waals surface area (Å²) in [6.45, 7) is 2.77. The maximum absolute atomic E-state index is 13.3. The van der Waals surface area contributed by atoms with E-state index >= 15 is 0 Å². The van der Waals surface area contributed by atoms with Crippen molar-refractivity contribution in [1.82, 2.24) is 5.32 Å². The number of esters is 1. The molecular formula is C17H24BrF3N3O9+. The van der Waals surface area contributed by atoms with Gasteiger partial charge in [-0.25, -0.2) is 21.8 Å². The second-order valence-electron chi connectivity index (χ2n) is 6.57. The summed E-state index contributed by atoms with van der Waals surface area (Å²) >= 11 is 3.00. The normalized spacial score (nSPS) is 18.7. The number of quaternary nitrogens is 1. The number of β-amino-alcohol motifs (C(OH)–C–C–N with tert-alkyl or cyclic N) is 1. The molecule has 2 aliphatic rings. The molecule has 3 rings (SSSR count). The van der Waals surface area contributed by atoms with Gasteiger partial charge in [0.2, 0.25) is 12.4 Å². The monoisotopic (exact) mass is 550 g/mol. The number of benzene rings is 1. The van der Waals surface area contributed by atoms with Crippen LogP contribution in [0.25, 0.3) is 6.08 Å². The highest BCUT2D eigenvalue weighted by Crippen LogP contribution is 2.43. The third-order valence-corrected chi connectivity index (χ3v) is 4.49. The third kappa shape index (κ3) is 8.14. The molecule has 0 radical (unpaired) electrons. The summed E-state index contributed by atoms with van der Waals surface area (Å²) in [5.74, 6) is 1.50. The minimum Gasteiger partial charge on any atom is -0.475 e.